The number of carbonyl (C=O) groups excluding carboxylic acids is 4. The van der Waals surface area contributed by atoms with Gasteiger partial charge >= 0.3 is 0 Å². The second kappa shape index (κ2) is 8.49. The predicted octanol–water partition coefficient (Wildman–Crippen LogP) is 2.82. The number of benzene rings is 2. The van der Waals surface area contributed by atoms with Gasteiger partial charge in [0, 0.05) is 42.7 Å². The minimum atomic E-state index is -0.270. The molecule has 30 heavy (non-hydrogen) atoms. The van der Waals surface area contributed by atoms with E-state index in [9.17, 15) is 19.2 Å². The summed E-state index contributed by atoms with van der Waals surface area (Å²) >= 11 is 0. The number of imide groups is 1. The van der Waals surface area contributed by atoms with Crippen LogP contribution >= 0.6 is 0 Å². The zero-order valence-electron chi connectivity index (χ0n) is 16.6. The summed E-state index contributed by atoms with van der Waals surface area (Å²) < 4.78 is 0. The van der Waals surface area contributed by atoms with E-state index < -0.39 is 0 Å². The van der Waals surface area contributed by atoms with Crippen molar-refractivity contribution >= 4 is 29.3 Å². The standard InChI is InChI=1S/C23H23N3O4/c27-20-11-12-21(28)26(20)15-16-3-5-17(6-4-16)22(29)24-19-9-7-18(8-10-19)23(30)25-13-1-2-14-25/h3-10H,1-2,11-15H2,(H,24,29). The Morgan fingerprint density at radius 1 is 0.800 bits per heavy atom. The second-order valence-corrected chi connectivity index (χ2v) is 7.60. The maximum atomic E-state index is 12.5. The number of amides is 4. The summed E-state index contributed by atoms with van der Waals surface area (Å²) in [6.07, 6.45) is 2.62. The largest absolute Gasteiger partial charge is 0.339 e. The summed E-state index contributed by atoms with van der Waals surface area (Å²) in [4.78, 5) is 51.4. The van der Waals surface area contributed by atoms with Crippen LogP contribution in [0.25, 0.3) is 0 Å². The van der Waals surface area contributed by atoms with Crippen LogP contribution < -0.4 is 5.32 Å². The molecule has 0 bridgehead atoms. The number of likely N-dealkylation sites (tertiary alicyclic amines) is 2. The predicted molar refractivity (Wildman–Crippen MR) is 111 cm³/mol. The smallest absolute Gasteiger partial charge is 0.255 e. The van der Waals surface area contributed by atoms with Gasteiger partial charge in [0.05, 0.1) is 6.54 Å². The highest BCUT2D eigenvalue weighted by molar-refractivity contribution is 6.05. The Labute approximate surface area is 174 Å². The fraction of sp³-hybridized carbons (Fsp3) is 0.304. The van der Waals surface area contributed by atoms with Crippen molar-refractivity contribution in [3.63, 3.8) is 0 Å². The molecule has 7 heteroatoms. The number of nitrogens with zero attached hydrogens (tertiary/aromatic N) is 2. The molecular formula is C23H23N3O4. The van der Waals surface area contributed by atoms with Crippen molar-refractivity contribution in [1.29, 1.82) is 0 Å². The normalized spacial score (nSPS) is 16.3. The summed E-state index contributed by atoms with van der Waals surface area (Å²) in [7, 11) is 0. The van der Waals surface area contributed by atoms with Gasteiger partial charge in [-0.05, 0) is 54.8 Å². The molecule has 2 aromatic carbocycles. The maximum absolute atomic E-state index is 12.5. The fourth-order valence-corrected chi connectivity index (χ4v) is 3.75. The van der Waals surface area contributed by atoms with Gasteiger partial charge in [0.2, 0.25) is 11.8 Å². The number of hydrogen-bond donors (Lipinski definition) is 1. The highest BCUT2D eigenvalue weighted by atomic mass is 16.2. The van der Waals surface area contributed by atoms with E-state index in [4.69, 9.17) is 0 Å². The first kappa shape index (κ1) is 19.8. The molecule has 2 aromatic rings. The number of anilines is 1. The third kappa shape index (κ3) is 4.25. The van der Waals surface area contributed by atoms with E-state index in [0.29, 0.717) is 16.8 Å². The van der Waals surface area contributed by atoms with Crippen molar-refractivity contribution < 1.29 is 19.2 Å². The Morgan fingerprint density at radius 2 is 1.37 bits per heavy atom. The van der Waals surface area contributed by atoms with Gasteiger partial charge in [-0.2, -0.15) is 0 Å². The van der Waals surface area contributed by atoms with Crippen LogP contribution in [0.4, 0.5) is 5.69 Å². The minimum Gasteiger partial charge on any atom is -0.339 e. The van der Waals surface area contributed by atoms with E-state index in [-0.39, 0.29) is 43.0 Å². The third-order valence-corrected chi connectivity index (χ3v) is 5.49. The van der Waals surface area contributed by atoms with Gasteiger partial charge < -0.3 is 10.2 Å². The molecule has 0 unspecified atom stereocenters. The van der Waals surface area contributed by atoms with Gasteiger partial charge in [-0.25, -0.2) is 0 Å². The van der Waals surface area contributed by atoms with E-state index in [1.165, 1.54) is 4.90 Å². The lowest BCUT2D eigenvalue weighted by Gasteiger charge is -2.15. The molecule has 7 nitrogen and oxygen atoms in total. The molecule has 2 aliphatic heterocycles. The Bertz CT molecular complexity index is 961. The van der Waals surface area contributed by atoms with Crippen molar-refractivity contribution in [3.8, 4) is 0 Å². The van der Waals surface area contributed by atoms with Crippen molar-refractivity contribution in [2.24, 2.45) is 0 Å². The van der Waals surface area contributed by atoms with E-state index >= 15 is 0 Å². The van der Waals surface area contributed by atoms with Crippen molar-refractivity contribution in [1.82, 2.24) is 9.80 Å². The highest BCUT2D eigenvalue weighted by Gasteiger charge is 2.28. The van der Waals surface area contributed by atoms with E-state index in [1.54, 1.807) is 48.5 Å². The molecule has 4 amide bonds. The van der Waals surface area contributed by atoms with Gasteiger partial charge in [-0.15, -0.1) is 0 Å². The summed E-state index contributed by atoms with van der Waals surface area (Å²) in [5, 5.41) is 2.82. The Kier molecular flexibility index (Phi) is 5.61. The second-order valence-electron chi connectivity index (χ2n) is 7.60. The molecule has 154 valence electrons. The molecule has 4 rings (SSSR count). The molecular weight excluding hydrogens is 382 g/mol. The third-order valence-electron chi connectivity index (χ3n) is 5.49. The van der Waals surface area contributed by atoms with Crippen LogP contribution in [0.1, 0.15) is 52.0 Å². The first-order chi connectivity index (χ1) is 14.5. The van der Waals surface area contributed by atoms with Crippen molar-refractivity contribution in [3.05, 3.63) is 65.2 Å². The van der Waals surface area contributed by atoms with Crippen LogP contribution in [0.15, 0.2) is 48.5 Å². The highest BCUT2D eigenvalue weighted by Crippen LogP contribution is 2.18. The first-order valence-electron chi connectivity index (χ1n) is 10.1. The lowest BCUT2D eigenvalue weighted by molar-refractivity contribution is -0.139. The first-order valence-corrected chi connectivity index (χ1v) is 10.1. The van der Waals surface area contributed by atoms with Gasteiger partial charge in [0.1, 0.15) is 0 Å². The molecule has 0 aliphatic carbocycles. The van der Waals surface area contributed by atoms with Crippen LogP contribution in [0.2, 0.25) is 0 Å². The number of hydrogen-bond acceptors (Lipinski definition) is 4. The molecule has 2 aliphatic rings. The molecule has 0 spiro atoms. The van der Waals surface area contributed by atoms with Crippen LogP contribution in [0.5, 0.6) is 0 Å². The SMILES string of the molecule is O=C(Nc1ccc(C(=O)N2CCCC2)cc1)c1ccc(CN2C(=O)CCC2=O)cc1. The average Bonchev–Trinajstić information content (AvgIpc) is 3.40. The molecule has 0 atom stereocenters. The minimum absolute atomic E-state index is 0.0240. The molecule has 2 heterocycles. The summed E-state index contributed by atoms with van der Waals surface area (Å²) in [6.45, 7) is 1.83. The quantitative estimate of drug-likeness (QED) is 0.775. The summed E-state index contributed by atoms with van der Waals surface area (Å²) in [5.74, 6) is -0.564. The number of rotatable bonds is 5. The van der Waals surface area contributed by atoms with E-state index in [2.05, 4.69) is 5.32 Å². The zero-order valence-corrected chi connectivity index (χ0v) is 16.6. The summed E-state index contributed by atoms with van der Waals surface area (Å²) in [6, 6.07) is 13.7. The van der Waals surface area contributed by atoms with Crippen LogP contribution in [-0.4, -0.2) is 46.5 Å². The molecule has 1 N–H and O–H groups in total. The van der Waals surface area contributed by atoms with Crippen LogP contribution in [0, 0.1) is 0 Å². The molecule has 0 radical (unpaired) electrons. The molecule has 2 fully saturated rings. The van der Waals surface area contributed by atoms with Crippen LogP contribution in [0.3, 0.4) is 0 Å². The van der Waals surface area contributed by atoms with Gasteiger partial charge in [0.15, 0.2) is 0 Å². The monoisotopic (exact) mass is 405 g/mol. The summed E-state index contributed by atoms with van der Waals surface area (Å²) in [5.41, 5.74) is 2.48. The van der Waals surface area contributed by atoms with E-state index in [1.807, 2.05) is 4.90 Å². The van der Waals surface area contributed by atoms with Crippen LogP contribution in [-0.2, 0) is 16.1 Å². The fourth-order valence-electron chi connectivity index (χ4n) is 3.75. The molecule has 0 saturated carbocycles. The Morgan fingerprint density at radius 3 is 1.97 bits per heavy atom. The Hall–Kier alpha value is -3.48. The molecule has 0 aromatic heterocycles. The molecule has 2 saturated heterocycles. The van der Waals surface area contributed by atoms with E-state index in [0.717, 1.165) is 31.5 Å². The number of nitrogens with one attached hydrogen (secondary N) is 1. The number of carbonyl (C=O) groups is 4. The van der Waals surface area contributed by atoms with Gasteiger partial charge in [-0.3, -0.25) is 24.1 Å². The van der Waals surface area contributed by atoms with Crippen molar-refractivity contribution in [2.45, 2.75) is 32.2 Å². The lowest BCUT2D eigenvalue weighted by Crippen LogP contribution is -2.28. The average molecular weight is 405 g/mol. The topological polar surface area (TPSA) is 86.8 Å². The zero-order chi connectivity index (χ0) is 21.1. The van der Waals surface area contributed by atoms with Gasteiger partial charge in [-0.1, -0.05) is 12.1 Å². The van der Waals surface area contributed by atoms with Gasteiger partial charge in [0.25, 0.3) is 11.8 Å². The maximum Gasteiger partial charge on any atom is 0.255 e. The van der Waals surface area contributed by atoms with Crippen molar-refractivity contribution in [2.75, 3.05) is 18.4 Å². The lowest BCUT2D eigenvalue weighted by atomic mass is 10.1. The Balaban J connectivity index is 1.36.